The Kier molecular flexibility index (Phi) is 5.69. The molecule has 2 aromatic carbocycles. The van der Waals surface area contributed by atoms with Crippen LogP contribution in [-0.2, 0) is 12.0 Å². The van der Waals surface area contributed by atoms with Crippen molar-refractivity contribution in [3.8, 4) is 11.1 Å². The summed E-state index contributed by atoms with van der Waals surface area (Å²) in [6.07, 6.45) is 4.69. The molecular weight excluding hydrogens is 372 g/mol. The van der Waals surface area contributed by atoms with Crippen LogP contribution in [0.5, 0.6) is 0 Å². The molecule has 0 unspecified atom stereocenters. The van der Waals surface area contributed by atoms with Gasteiger partial charge < -0.3 is 5.11 Å². The highest BCUT2D eigenvalue weighted by Crippen LogP contribution is 2.40. The van der Waals surface area contributed by atoms with Crippen molar-refractivity contribution in [1.82, 2.24) is 9.88 Å². The Morgan fingerprint density at radius 3 is 2.63 bits per heavy atom. The first-order chi connectivity index (χ1) is 14.5. The van der Waals surface area contributed by atoms with Gasteiger partial charge in [0, 0.05) is 25.5 Å². The number of aromatic carboxylic acids is 1. The number of aromatic nitrogens is 1. The van der Waals surface area contributed by atoms with Gasteiger partial charge in [-0.15, -0.1) is 0 Å². The number of carboxylic acid groups (broad SMARTS) is 1. The predicted molar refractivity (Wildman–Crippen MR) is 119 cm³/mol. The topological polar surface area (TPSA) is 53.4 Å². The molecule has 30 heavy (non-hydrogen) atoms. The van der Waals surface area contributed by atoms with Crippen molar-refractivity contribution >= 4 is 5.97 Å². The minimum absolute atomic E-state index is 0.0213. The molecule has 0 aliphatic carbocycles. The third-order valence-electron chi connectivity index (χ3n) is 6.74. The molecule has 1 aliphatic rings. The molecule has 4 rings (SSSR count). The molecule has 154 valence electrons. The summed E-state index contributed by atoms with van der Waals surface area (Å²) in [5, 5.41) is 9.37. The Morgan fingerprint density at radius 2 is 1.90 bits per heavy atom. The standard InChI is InChI=1S/C26H28N2O2/c1-19-17-28(15-12-26(19,2)23-8-5-7-21(16-23)25(29)30)18-22-6-3-4-9-24(22)20-10-13-27-14-11-20/h3-11,13-14,16,19H,12,15,17-18H2,1-2H3,(H,29,30)/t19-,26+/m0/s1. The van der Waals surface area contributed by atoms with Gasteiger partial charge in [0.05, 0.1) is 5.56 Å². The molecule has 4 nitrogen and oxygen atoms in total. The Balaban J connectivity index is 1.52. The van der Waals surface area contributed by atoms with Gasteiger partial charge in [0.15, 0.2) is 0 Å². The Bertz CT molecular complexity index is 1030. The maximum atomic E-state index is 11.4. The fourth-order valence-corrected chi connectivity index (χ4v) is 4.61. The van der Waals surface area contributed by atoms with Crippen LogP contribution in [0.1, 0.15) is 41.8 Å². The highest BCUT2D eigenvalue weighted by atomic mass is 16.4. The molecule has 0 bridgehead atoms. The van der Waals surface area contributed by atoms with E-state index in [0.29, 0.717) is 11.5 Å². The summed E-state index contributed by atoms with van der Waals surface area (Å²) in [7, 11) is 0. The van der Waals surface area contributed by atoms with Crippen molar-refractivity contribution in [2.75, 3.05) is 13.1 Å². The molecular formula is C26H28N2O2. The van der Waals surface area contributed by atoms with Gasteiger partial charge in [-0.2, -0.15) is 0 Å². The normalized spacial score (nSPS) is 22.0. The van der Waals surface area contributed by atoms with E-state index >= 15 is 0 Å². The molecule has 2 heterocycles. The molecule has 3 aromatic rings. The first kappa shape index (κ1) is 20.3. The maximum Gasteiger partial charge on any atom is 0.335 e. The van der Waals surface area contributed by atoms with Gasteiger partial charge in [-0.1, -0.05) is 50.2 Å². The van der Waals surface area contributed by atoms with Crippen molar-refractivity contribution in [2.45, 2.75) is 32.2 Å². The lowest BCUT2D eigenvalue weighted by Gasteiger charge is -2.45. The lowest BCUT2D eigenvalue weighted by Crippen LogP contribution is -2.47. The zero-order valence-electron chi connectivity index (χ0n) is 17.6. The number of carbonyl (C=O) groups is 1. The minimum atomic E-state index is -0.863. The highest BCUT2D eigenvalue weighted by molar-refractivity contribution is 5.87. The molecule has 2 atom stereocenters. The summed E-state index contributed by atoms with van der Waals surface area (Å²) >= 11 is 0. The second-order valence-corrected chi connectivity index (χ2v) is 8.58. The SMILES string of the molecule is C[C@H]1CN(Cc2ccccc2-c2ccncc2)CC[C@@]1(C)c1cccc(C(=O)O)c1. The first-order valence-corrected chi connectivity index (χ1v) is 10.5. The lowest BCUT2D eigenvalue weighted by atomic mass is 9.67. The third-order valence-corrected chi connectivity index (χ3v) is 6.74. The molecule has 0 radical (unpaired) electrons. The molecule has 1 aliphatic heterocycles. The van der Waals surface area contributed by atoms with Gasteiger partial charge in [0.2, 0.25) is 0 Å². The van der Waals surface area contributed by atoms with Gasteiger partial charge in [-0.3, -0.25) is 9.88 Å². The fourth-order valence-electron chi connectivity index (χ4n) is 4.61. The van der Waals surface area contributed by atoms with E-state index in [1.165, 1.54) is 16.7 Å². The van der Waals surface area contributed by atoms with Gasteiger partial charge in [-0.05, 0) is 70.8 Å². The van der Waals surface area contributed by atoms with Crippen LogP contribution in [0.15, 0.2) is 73.1 Å². The van der Waals surface area contributed by atoms with Gasteiger partial charge in [0.1, 0.15) is 0 Å². The van der Waals surface area contributed by atoms with E-state index in [-0.39, 0.29) is 5.41 Å². The quantitative estimate of drug-likeness (QED) is 0.636. The van der Waals surface area contributed by atoms with Crippen LogP contribution in [0, 0.1) is 5.92 Å². The van der Waals surface area contributed by atoms with E-state index in [1.54, 1.807) is 6.07 Å². The number of piperidine rings is 1. The average Bonchev–Trinajstić information content (AvgIpc) is 2.77. The molecule has 0 saturated carbocycles. The fraction of sp³-hybridized carbons (Fsp3) is 0.308. The van der Waals surface area contributed by atoms with Crippen LogP contribution in [0.3, 0.4) is 0 Å². The monoisotopic (exact) mass is 400 g/mol. The number of hydrogen-bond acceptors (Lipinski definition) is 3. The molecule has 1 saturated heterocycles. The average molecular weight is 401 g/mol. The predicted octanol–water partition coefficient (Wildman–Crippen LogP) is 5.25. The van der Waals surface area contributed by atoms with Gasteiger partial charge >= 0.3 is 5.97 Å². The van der Waals surface area contributed by atoms with Crippen LogP contribution >= 0.6 is 0 Å². The summed E-state index contributed by atoms with van der Waals surface area (Å²) < 4.78 is 0. The van der Waals surface area contributed by atoms with Crippen molar-refractivity contribution in [2.24, 2.45) is 5.92 Å². The van der Waals surface area contributed by atoms with Crippen LogP contribution in [0.2, 0.25) is 0 Å². The minimum Gasteiger partial charge on any atom is -0.478 e. The molecule has 0 spiro atoms. The molecule has 1 aromatic heterocycles. The molecule has 4 heteroatoms. The third kappa shape index (κ3) is 4.01. The molecule has 1 N–H and O–H groups in total. The second kappa shape index (κ2) is 8.41. The zero-order chi connectivity index (χ0) is 21.1. The Hall–Kier alpha value is -2.98. The van der Waals surface area contributed by atoms with Crippen LogP contribution in [0.25, 0.3) is 11.1 Å². The van der Waals surface area contributed by atoms with Crippen molar-refractivity contribution in [3.05, 3.63) is 89.7 Å². The van der Waals surface area contributed by atoms with E-state index in [2.05, 4.69) is 66.2 Å². The number of hydrogen-bond donors (Lipinski definition) is 1. The van der Waals surface area contributed by atoms with E-state index in [0.717, 1.165) is 31.6 Å². The summed E-state index contributed by atoms with van der Waals surface area (Å²) in [6, 6.07) is 20.2. The van der Waals surface area contributed by atoms with Crippen LogP contribution in [0.4, 0.5) is 0 Å². The van der Waals surface area contributed by atoms with E-state index in [4.69, 9.17) is 0 Å². The number of carboxylic acids is 1. The number of nitrogens with zero attached hydrogens (tertiary/aromatic N) is 2. The number of likely N-dealkylation sites (tertiary alicyclic amines) is 1. The summed E-state index contributed by atoms with van der Waals surface area (Å²) in [4.78, 5) is 18.1. The number of pyridine rings is 1. The number of rotatable bonds is 5. The van der Waals surface area contributed by atoms with Gasteiger partial charge in [0.25, 0.3) is 0 Å². The maximum absolute atomic E-state index is 11.4. The van der Waals surface area contributed by atoms with Gasteiger partial charge in [-0.25, -0.2) is 4.79 Å². The smallest absolute Gasteiger partial charge is 0.335 e. The Labute approximate surface area is 178 Å². The second-order valence-electron chi connectivity index (χ2n) is 8.58. The number of benzene rings is 2. The van der Waals surface area contributed by atoms with Crippen LogP contribution in [-0.4, -0.2) is 34.0 Å². The molecule has 0 amide bonds. The molecule has 1 fully saturated rings. The zero-order valence-corrected chi connectivity index (χ0v) is 17.6. The van der Waals surface area contributed by atoms with E-state index in [1.807, 2.05) is 24.5 Å². The van der Waals surface area contributed by atoms with Crippen molar-refractivity contribution < 1.29 is 9.90 Å². The summed E-state index contributed by atoms with van der Waals surface area (Å²) in [6.45, 7) is 7.45. The highest BCUT2D eigenvalue weighted by Gasteiger charge is 2.38. The first-order valence-electron chi connectivity index (χ1n) is 10.5. The van der Waals surface area contributed by atoms with Crippen LogP contribution < -0.4 is 0 Å². The largest absolute Gasteiger partial charge is 0.478 e. The summed E-state index contributed by atoms with van der Waals surface area (Å²) in [5.74, 6) is -0.443. The van der Waals surface area contributed by atoms with Crippen molar-refractivity contribution in [3.63, 3.8) is 0 Å². The Morgan fingerprint density at radius 1 is 1.13 bits per heavy atom. The summed E-state index contributed by atoms with van der Waals surface area (Å²) in [5.41, 5.74) is 5.26. The lowest BCUT2D eigenvalue weighted by molar-refractivity contribution is 0.0696. The van der Waals surface area contributed by atoms with Crippen molar-refractivity contribution in [1.29, 1.82) is 0 Å². The van der Waals surface area contributed by atoms with E-state index in [9.17, 15) is 9.90 Å². The van der Waals surface area contributed by atoms with E-state index < -0.39 is 5.97 Å².